The number of nitrogens with zero attached hydrogens (tertiary/aromatic N) is 5. The van der Waals surface area contributed by atoms with Gasteiger partial charge in [-0.1, -0.05) is 0 Å². The van der Waals surface area contributed by atoms with Gasteiger partial charge in [-0.2, -0.15) is 0 Å². The van der Waals surface area contributed by atoms with E-state index in [0.29, 0.717) is 12.6 Å². The van der Waals surface area contributed by atoms with Gasteiger partial charge in [0, 0.05) is 43.9 Å². The van der Waals surface area contributed by atoms with Gasteiger partial charge in [-0.05, 0) is 25.1 Å². The second kappa shape index (κ2) is 7.06. The first-order valence-corrected chi connectivity index (χ1v) is 8.48. The Morgan fingerprint density at radius 3 is 3.04 bits per heavy atom. The van der Waals surface area contributed by atoms with E-state index in [1.807, 2.05) is 24.5 Å². The smallest absolute Gasteiger partial charge is 0.171 e. The molecule has 4 heterocycles. The Kier molecular flexibility index (Phi) is 4.47. The van der Waals surface area contributed by atoms with Crippen LogP contribution in [0, 0.1) is 0 Å². The van der Waals surface area contributed by atoms with Gasteiger partial charge >= 0.3 is 0 Å². The molecule has 7 nitrogen and oxygen atoms in total. The molecule has 3 aromatic rings. The lowest BCUT2D eigenvalue weighted by Gasteiger charge is -2.25. The normalized spacial score (nSPS) is 17.9. The monoisotopic (exact) mass is 339 g/mol. The average Bonchev–Trinajstić information content (AvgIpc) is 3.24. The van der Waals surface area contributed by atoms with Crippen molar-refractivity contribution in [1.82, 2.24) is 24.6 Å². The predicted molar refractivity (Wildman–Crippen MR) is 90.9 cm³/mol. The molecule has 0 aliphatic carbocycles. The van der Waals surface area contributed by atoms with Crippen LogP contribution < -0.4 is 4.74 Å². The first-order chi connectivity index (χ1) is 12.3. The molecule has 0 unspecified atom stereocenters. The zero-order chi connectivity index (χ0) is 17.1. The van der Waals surface area contributed by atoms with E-state index in [1.165, 1.54) is 5.56 Å². The number of ether oxygens (including phenoxy) is 1. The van der Waals surface area contributed by atoms with Crippen LogP contribution in [0.3, 0.4) is 0 Å². The molecule has 3 aromatic heterocycles. The summed E-state index contributed by atoms with van der Waals surface area (Å²) in [6.07, 6.45) is 7.84. The molecule has 0 saturated carbocycles. The maximum absolute atomic E-state index is 5.78. The molecule has 0 N–H and O–H groups in total. The van der Waals surface area contributed by atoms with Crippen molar-refractivity contribution in [1.29, 1.82) is 0 Å². The number of hydrogen-bond acceptors (Lipinski definition) is 6. The van der Waals surface area contributed by atoms with Crippen molar-refractivity contribution in [2.24, 2.45) is 0 Å². The summed E-state index contributed by atoms with van der Waals surface area (Å²) in [6, 6.07) is 6.16. The van der Waals surface area contributed by atoms with Crippen LogP contribution in [0.25, 0.3) is 0 Å². The third-order valence-corrected chi connectivity index (χ3v) is 4.58. The number of hydrogen-bond donors (Lipinski definition) is 0. The van der Waals surface area contributed by atoms with Gasteiger partial charge in [0.1, 0.15) is 18.2 Å². The lowest BCUT2D eigenvalue weighted by atomic mass is 10.2. The molecule has 25 heavy (non-hydrogen) atoms. The Bertz CT molecular complexity index is 800. The second-order valence-corrected chi connectivity index (χ2v) is 6.32. The van der Waals surface area contributed by atoms with Gasteiger partial charge in [0.15, 0.2) is 5.82 Å². The van der Waals surface area contributed by atoms with Crippen LogP contribution in [0.1, 0.15) is 24.1 Å². The maximum Gasteiger partial charge on any atom is 0.171 e. The Hall–Kier alpha value is -2.67. The van der Waals surface area contributed by atoms with E-state index in [9.17, 15) is 0 Å². The van der Waals surface area contributed by atoms with E-state index < -0.39 is 0 Å². The highest BCUT2D eigenvalue weighted by Gasteiger charge is 2.24. The molecule has 0 spiro atoms. The van der Waals surface area contributed by atoms with E-state index in [2.05, 4.69) is 31.6 Å². The Morgan fingerprint density at radius 1 is 1.28 bits per heavy atom. The molecular formula is C18H21N5O2. The van der Waals surface area contributed by atoms with Gasteiger partial charge in [-0.25, -0.2) is 0 Å². The highest BCUT2D eigenvalue weighted by molar-refractivity contribution is 5.15. The Morgan fingerprint density at radius 2 is 2.24 bits per heavy atom. The van der Waals surface area contributed by atoms with Crippen LogP contribution >= 0.6 is 0 Å². The molecule has 0 saturated heterocycles. The SMILES string of the molecule is C[C@H]1Cc2nnc(COc3cccnc3)n2CCN1Cc1ccoc1. The van der Waals surface area contributed by atoms with Crippen molar-refractivity contribution < 1.29 is 9.15 Å². The number of pyridine rings is 1. The summed E-state index contributed by atoms with van der Waals surface area (Å²) in [5.74, 6) is 2.62. The van der Waals surface area contributed by atoms with Gasteiger partial charge < -0.3 is 13.7 Å². The number of fused-ring (bicyclic) bond motifs is 1. The topological polar surface area (TPSA) is 69.2 Å². The van der Waals surface area contributed by atoms with Crippen LogP contribution in [0.2, 0.25) is 0 Å². The molecule has 0 amide bonds. The van der Waals surface area contributed by atoms with Gasteiger partial charge in [0.2, 0.25) is 0 Å². The molecule has 1 atom stereocenters. The first kappa shape index (κ1) is 15.8. The molecule has 0 radical (unpaired) electrons. The summed E-state index contributed by atoms with van der Waals surface area (Å²) in [5.41, 5.74) is 1.20. The predicted octanol–water partition coefficient (Wildman–Crippen LogP) is 2.29. The zero-order valence-corrected chi connectivity index (χ0v) is 14.2. The molecule has 0 fully saturated rings. The van der Waals surface area contributed by atoms with E-state index in [1.54, 1.807) is 18.7 Å². The third-order valence-electron chi connectivity index (χ3n) is 4.58. The molecule has 1 aliphatic rings. The van der Waals surface area contributed by atoms with Gasteiger partial charge in [0.05, 0.1) is 18.7 Å². The lowest BCUT2D eigenvalue weighted by Crippen LogP contribution is -2.34. The number of rotatable bonds is 5. The highest BCUT2D eigenvalue weighted by Crippen LogP contribution is 2.18. The third kappa shape index (κ3) is 3.56. The summed E-state index contributed by atoms with van der Waals surface area (Å²) < 4.78 is 13.2. The quantitative estimate of drug-likeness (QED) is 0.710. The van der Waals surface area contributed by atoms with Crippen LogP contribution in [0.5, 0.6) is 5.75 Å². The van der Waals surface area contributed by atoms with Crippen LogP contribution in [0.4, 0.5) is 0 Å². The minimum atomic E-state index is 0.396. The lowest BCUT2D eigenvalue weighted by molar-refractivity contribution is 0.201. The molecule has 1 aliphatic heterocycles. The fraction of sp³-hybridized carbons (Fsp3) is 0.389. The van der Waals surface area contributed by atoms with Gasteiger partial charge in [-0.15, -0.1) is 10.2 Å². The first-order valence-electron chi connectivity index (χ1n) is 8.48. The molecule has 7 heteroatoms. The zero-order valence-electron chi connectivity index (χ0n) is 14.2. The van der Waals surface area contributed by atoms with Crippen molar-refractivity contribution in [3.63, 3.8) is 0 Å². The molecular weight excluding hydrogens is 318 g/mol. The molecule has 4 rings (SSSR count). The minimum absolute atomic E-state index is 0.396. The Balaban J connectivity index is 1.44. The molecule has 130 valence electrons. The fourth-order valence-electron chi connectivity index (χ4n) is 3.16. The minimum Gasteiger partial charge on any atom is -0.484 e. The standard InChI is InChI=1S/C18H21N5O2/c1-14-9-17-20-21-18(13-25-16-3-2-5-19-10-16)23(17)7-6-22(14)11-15-4-8-24-12-15/h2-5,8,10,12,14H,6-7,9,11,13H2,1H3/t14-/m0/s1. The summed E-state index contributed by atoms with van der Waals surface area (Å²) in [4.78, 5) is 6.51. The van der Waals surface area contributed by atoms with Crippen molar-refractivity contribution in [2.75, 3.05) is 6.54 Å². The van der Waals surface area contributed by atoms with Crippen LogP contribution in [-0.2, 0) is 26.1 Å². The van der Waals surface area contributed by atoms with Crippen molar-refractivity contribution >= 4 is 0 Å². The number of furan rings is 1. The van der Waals surface area contributed by atoms with Gasteiger partial charge in [0.25, 0.3) is 0 Å². The van der Waals surface area contributed by atoms with Crippen LogP contribution in [0.15, 0.2) is 47.5 Å². The molecule has 0 bridgehead atoms. The van der Waals surface area contributed by atoms with E-state index in [0.717, 1.165) is 43.5 Å². The summed E-state index contributed by atoms with van der Waals surface area (Å²) >= 11 is 0. The van der Waals surface area contributed by atoms with Crippen molar-refractivity contribution in [2.45, 2.75) is 39.1 Å². The summed E-state index contributed by atoms with van der Waals surface area (Å²) in [7, 11) is 0. The molecule has 0 aromatic carbocycles. The number of aromatic nitrogens is 4. The Labute approximate surface area is 146 Å². The van der Waals surface area contributed by atoms with Crippen molar-refractivity contribution in [3.8, 4) is 5.75 Å². The van der Waals surface area contributed by atoms with E-state index in [-0.39, 0.29) is 0 Å². The van der Waals surface area contributed by atoms with Crippen molar-refractivity contribution in [3.05, 3.63) is 60.3 Å². The largest absolute Gasteiger partial charge is 0.484 e. The maximum atomic E-state index is 5.78. The summed E-state index contributed by atoms with van der Waals surface area (Å²) in [6.45, 7) is 5.32. The second-order valence-electron chi connectivity index (χ2n) is 6.32. The van der Waals surface area contributed by atoms with Crippen LogP contribution in [-0.4, -0.2) is 37.2 Å². The van der Waals surface area contributed by atoms with Gasteiger partial charge in [-0.3, -0.25) is 9.88 Å². The highest BCUT2D eigenvalue weighted by atomic mass is 16.5. The fourth-order valence-corrected chi connectivity index (χ4v) is 3.16. The summed E-state index contributed by atoms with van der Waals surface area (Å²) in [5, 5.41) is 8.71. The van der Waals surface area contributed by atoms with E-state index >= 15 is 0 Å². The average molecular weight is 339 g/mol. The van der Waals surface area contributed by atoms with E-state index in [4.69, 9.17) is 9.15 Å².